The highest BCUT2D eigenvalue weighted by molar-refractivity contribution is 6.10. The molecule has 2 fully saturated rings. The number of rotatable bonds is 6. The number of pyridine rings is 1. The van der Waals surface area contributed by atoms with Gasteiger partial charge < -0.3 is 24.1 Å². The van der Waals surface area contributed by atoms with E-state index in [-0.39, 0.29) is 64.3 Å². The quantitative estimate of drug-likeness (QED) is 0.128. The van der Waals surface area contributed by atoms with E-state index in [1.165, 1.54) is 45.8 Å². The first-order valence-electron chi connectivity index (χ1n) is 16.2. The number of amides is 1. The fourth-order valence-corrected chi connectivity index (χ4v) is 7.81. The fraction of sp³-hybridized carbons (Fsp3) is 0.306. The van der Waals surface area contributed by atoms with Gasteiger partial charge >= 0.3 is 6.18 Å². The number of alkyl halides is 3. The van der Waals surface area contributed by atoms with Gasteiger partial charge in [-0.15, -0.1) is 0 Å². The number of aliphatic hydroxyl groups is 1. The molecule has 0 spiro atoms. The summed E-state index contributed by atoms with van der Waals surface area (Å²) in [6.07, 6.45) is 3.26. The van der Waals surface area contributed by atoms with Gasteiger partial charge in [-0.3, -0.25) is 14.5 Å². The number of aromatic nitrogens is 3. The average molecular weight is 692 g/mol. The minimum Gasteiger partial charge on any atom is -0.490 e. The zero-order valence-electron chi connectivity index (χ0n) is 26.6. The summed E-state index contributed by atoms with van der Waals surface area (Å²) in [5, 5.41) is 12.3. The minimum atomic E-state index is -4.76. The lowest BCUT2D eigenvalue weighted by Gasteiger charge is -2.22. The second-order valence-electron chi connectivity index (χ2n) is 13.0. The Morgan fingerprint density at radius 2 is 1.92 bits per heavy atom. The van der Waals surface area contributed by atoms with Gasteiger partial charge in [0.1, 0.15) is 22.8 Å². The van der Waals surface area contributed by atoms with Gasteiger partial charge in [-0.2, -0.15) is 13.2 Å². The lowest BCUT2D eigenvalue weighted by molar-refractivity contribution is -0.137. The van der Waals surface area contributed by atoms with Gasteiger partial charge in [0.15, 0.2) is 5.75 Å². The fourth-order valence-electron chi connectivity index (χ4n) is 7.81. The van der Waals surface area contributed by atoms with E-state index in [9.17, 15) is 27.9 Å². The maximum Gasteiger partial charge on any atom is 0.417 e. The maximum atomic E-state index is 15.3. The van der Waals surface area contributed by atoms with Crippen LogP contribution in [0.1, 0.15) is 46.4 Å². The Kier molecular flexibility index (Phi) is 7.56. The second-order valence-corrected chi connectivity index (χ2v) is 13.0. The van der Waals surface area contributed by atoms with E-state index in [1.54, 1.807) is 13.1 Å². The van der Waals surface area contributed by atoms with E-state index < -0.39 is 46.9 Å². The van der Waals surface area contributed by atoms with Crippen LogP contribution in [0.5, 0.6) is 5.75 Å². The summed E-state index contributed by atoms with van der Waals surface area (Å²) in [5.74, 6) is -3.92. The van der Waals surface area contributed by atoms with Crippen molar-refractivity contribution < 1.29 is 41.4 Å². The molecule has 6 heterocycles. The molecular formula is C36H30F5N5O4. The van der Waals surface area contributed by atoms with E-state index >= 15 is 8.78 Å². The van der Waals surface area contributed by atoms with Crippen molar-refractivity contribution in [2.24, 2.45) is 7.05 Å². The molecule has 3 aromatic heterocycles. The predicted molar refractivity (Wildman–Crippen MR) is 173 cm³/mol. The van der Waals surface area contributed by atoms with Crippen LogP contribution in [0.15, 0.2) is 61.1 Å². The van der Waals surface area contributed by atoms with E-state index in [1.807, 2.05) is 0 Å². The van der Waals surface area contributed by atoms with Crippen LogP contribution in [0.25, 0.3) is 27.7 Å². The summed E-state index contributed by atoms with van der Waals surface area (Å²) in [6, 6.07) is 7.42. The van der Waals surface area contributed by atoms with Gasteiger partial charge in [-0.05, 0) is 55.2 Å². The molecule has 2 saturated heterocycles. The molecule has 2 bridgehead atoms. The normalized spacial score (nSPS) is 20.3. The van der Waals surface area contributed by atoms with Crippen molar-refractivity contribution >= 4 is 33.9 Å². The zero-order chi connectivity index (χ0) is 35.1. The number of hydrogen-bond acceptors (Lipinski definition) is 6. The summed E-state index contributed by atoms with van der Waals surface area (Å²) >= 11 is 0. The van der Waals surface area contributed by atoms with Gasteiger partial charge in [-0.1, -0.05) is 12.1 Å². The van der Waals surface area contributed by atoms with Crippen molar-refractivity contribution in [3.63, 3.8) is 0 Å². The number of aliphatic hydroxyl groups excluding tert-OH is 1. The Balaban J connectivity index is 1.11. The molecule has 3 atom stereocenters. The van der Waals surface area contributed by atoms with Crippen molar-refractivity contribution in [1.82, 2.24) is 18.9 Å². The standard InChI is InChI=1S/C36H30F5N5O4/c1-44-17-42-32-26(44)16-22(36(39,40)41)30-21-4-2-10-46-27(14-18(33(21)46)8-11-50-35(30)32)34(49)19-12-23(37)31(24(38)13-19)43-29(48)5-3-9-45-20-6-7-25(45)28(47)15-20/h2-5,10,12-14,16-17,20,25,28,47H,6-9,11,15H2,1H3,(H,43,48)/b5-3+/t20-,25+,28-/m1/s1. The maximum absolute atomic E-state index is 15.3. The summed E-state index contributed by atoms with van der Waals surface area (Å²) in [6.45, 7) is 0.394. The molecule has 0 aliphatic carbocycles. The first-order chi connectivity index (χ1) is 23.9. The van der Waals surface area contributed by atoms with Crippen LogP contribution in [-0.2, 0) is 24.4 Å². The van der Waals surface area contributed by atoms with Crippen LogP contribution in [0.4, 0.5) is 27.6 Å². The van der Waals surface area contributed by atoms with Crippen LogP contribution in [0.2, 0.25) is 0 Å². The molecule has 0 unspecified atom stereocenters. The molecule has 0 radical (unpaired) electrons. The van der Waals surface area contributed by atoms with E-state index in [4.69, 9.17) is 4.74 Å². The molecule has 9 nitrogen and oxygen atoms in total. The SMILES string of the molecule is Cn1cnc2c3c(c(C(F)(F)F)cc21)-c1cccn2c(C(=O)c4cc(F)c(NC(=O)/C=C/CN5[C@@H]6CC[C@H]5[C@H](O)C6)c(F)c4)cc(c12)CCO3. The number of anilines is 1. The number of fused-ring (bicyclic) bond motifs is 6. The predicted octanol–water partition coefficient (Wildman–Crippen LogP) is 6.05. The van der Waals surface area contributed by atoms with Gasteiger partial charge in [0.25, 0.3) is 0 Å². The third-order valence-corrected chi connectivity index (χ3v) is 10.1. The third-order valence-electron chi connectivity index (χ3n) is 10.1. The van der Waals surface area contributed by atoms with Crippen LogP contribution < -0.4 is 10.1 Å². The molecular weight excluding hydrogens is 661 g/mol. The summed E-state index contributed by atoms with van der Waals surface area (Å²) in [5.41, 5.74) is -0.755. The molecule has 258 valence electrons. The number of imidazole rings is 1. The first-order valence-corrected chi connectivity index (χ1v) is 16.2. The molecule has 5 aromatic rings. The summed E-state index contributed by atoms with van der Waals surface area (Å²) in [4.78, 5) is 32.8. The van der Waals surface area contributed by atoms with Crippen LogP contribution in [0, 0.1) is 11.6 Å². The Hall–Kier alpha value is -5.08. The van der Waals surface area contributed by atoms with Crippen molar-refractivity contribution in [1.29, 1.82) is 0 Å². The molecule has 50 heavy (non-hydrogen) atoms. The van der Waals surface area contributed by atoms with Gasteiger partial charge in [0.05, 0.1) is 41.3 Å². The number of nitrogens with zero attached hydrogens (tertiary/aromatic N) is 4. The highest BCUT2D eigenvalue weighted by Gasteiger charge is 2.44. The Bertz CT molecular complexity index is 2230. The number of aryl methyl sites for hydroxylation is 1. The van der Waals surface area contributed by atoms with Gasteiger partial charge in [-0.25, -0.2) is 13.8 Å². The number of ketones is 1. The molecule has 1 amide bonds. The van der Waals surface area contributed by atoms with E-state index in [0.29, 0.717) is 24.0 Å². The number of hydrogen-bond donors (Lipinski definition) is 2. The Morgan fingerprint density at radius 1 is 1.14 bits per heavy atom. The van der Waals surface area contributed by atoms with Crippen molar-refractivity contribution in [2.75, 3.05) is 18.5 Å². The van der Waals surface area contributed by atoms with Crippen molar-refractivity contribution in [3.8, 4) is 16.9 Å². The molecule has 3 aliphatic rings. The zero-order valence-corrected chi connectivity index (χ0v) is 26.6. The van der Waals surface area contributed by atoms with Gasteiger partial charge in [0.2, 0.25) is 11.7 Å². The highest BCUT2D eigenvalue weighted by atomic mass is 19.4. The minimum absolute atomic E-state index is 0.0190. The average Bonchev–Trinajstić information content (AvgIpc) is 3.82. The van der Waals surface area contributed by atoms with E-state index in [0.717, 1.165) is 31.0 Å². The lowest BCUT2D eigenvalue weighted by atomic mass is 9.94. The summed E-state index contributed by atoms with van der Waals surface area (Å²) < 4.78 is 83.2. The van der Waals surface area contributed by atoms with Gasteiger partial charge in [0, 0.05) is 61.1 Å². The van der Waals surface area contributed by atoms with Crippen molar-refractivity contribution in [3.05, 3.63) is 95.1 Å². The number of carbonyl (C=O) groups is 2. The number of halogens is 5. The number of nitrogens with one attached hydrogen (secondary N) is 1. The molecule has 8 rings (SSSR count). The number of carbonyl (C=O) groups excluding carboxylic acids is 2. The molecule has 14 heteroatoms. The topological polar surface area (TPSA) is 101 Å². The van der Waals surface area contributed by atoms with Crippen LogP contribution in [0.3, 0.4) is 0 Å². The second kappa shape index (κ2) is 11.8. The Labute approximate surface area is 281 Å². The molecule has 3 aliphatic heterocycles. The highest BCUT2D eigenvalue weighted by Crippen LogP contribution is 2.48. The van der Waals surface area contributed by atoms with Crippen LogP contribution >= 0.6 is 0 Å². The third kappa shape index (κ3) is 5.16. The first kappa shape index (κ1) is 32.1. The smallest absolute Gasteiger partial charge is 0.417 e. The number of benzene rings is 2. The lowest BCUT2D eigenvalue weighted by Crippen LogP contribution is -2.32. The Morgan fingerprint density at radius 3 is 2.62 bits per heavy atom. The summed E-state index contributed by atoms with van der Waals surface area (Å²) in [7, 11) is 1.59. The van der Waals surface area contributed by atoms with Crippen molar-refractivity contribution in [2.45, 2.75) is 50.0 Å². The van der Waals surface area contributed by atoms with Crippen LogP contribution in [-0.4, -0.2) is 67.0 Å². The largest absolute Gasteiger partial charge is 0.490 e. The molecule has 2 N–H and O–H groups in total. The molecule has 2 aromatic carbocycles. The molecule has 0 saturated carbocycles. The monoisotopic (exact) mass is 691 g/mol. The van der Waals surface area contributed by atoms with E-state index in [2.05, 4.69) is 15.2 Å². The number of ether oxygens (including phenoxy) is 1.